The van der Waals surface area contributed by atoms with Gasteiger partial charge in [-0.05, 0) is 50.7 Å². The van der Waals surface area contributed by atoms with Crippen LogP contribution in [-0.4, -0.2) is 43.8 Å². The largest absolute Gasteiger partial charge is 0.382 e. The van der Waals surface area contributed by atoms with Gasteiger partial charge < -0.3 is 15.4 Å². The van der Waals surface area contributed by atoms with Gasteiger partial charge in [-0.15, -0.1) is 24.0 Å². The summed E-state index contributed by atoms with van der Waals surface area (Å²) < 4.78 is 5.60. The normalized spacial score (nSPS) is 16.2. The number of rotatable bonds is 10. The first-order valence-corrected chi connectivity index (χ1v) is 9.78. The molecule has 0 unspecified atom stereocenters. The minimum absolute atomic E-state index is 0. The van der Waals surface area contributed by atoms with E-state index in [1.165, 1.54) is 25.7 Å². The lowest BCUT2D eigenvalue weighted by Crippen LogP contribution is -2.39. The smallest absolute Gasteiger partial charge is 0.191 e. The molecule has 5 nitrogen and oxygen atoms in total. The number of aliphatic imine (C=N–C) groups is 1. The zero-order valence-electron chi connectivity index (χ0n) is 16.3. The molecule has 26 heavy (non-hydrogen) atoms. The molecule has 0 atom stereocenters. The van der Waals surface area contributed by atoms with Gasteiger partial charge in [0.15, 0.2) is 5.96 Å². The van der Waals surface area contributed by atoms with E-state index in [1.54, 1.807) is 0 Å². The average molecular weight is 474 g/mol. The molecule has 2 rings (SSSR count). The van der Waals surface area contributed by atoms with E-state index in [4.69, 9.17) is 9.73 Å². The van der Waals surface area contributed by atoms with E-state index in [-0.39, 0.29) is 24.0 Å². The summed E-state index contributed by atoms with van der Waals surface area (Å²) in [5.74, 6) is 0.918. The Balaban J connectivity index is 0.00000338. The summed E-state index contributed by atoms with van der Waals surface area (Å²) in [5.41, 5.74) is 1.44. The number of hydrogen-bond donors (Lipinski definition) is 2. The molecule has 0 bridgehead atoms. The number of pyridine rings is 1. The third-order valence-electron chi connectivity index (χ3n) is 4.96. The minimum Gasteiger partial charge on any atom is -0.382 e. The van der Waals surface area contributed by atoms with Crippen LogP contribution in [0.3, 0.4) is 0 Å². The van der Waals surface area contributed by atoms with Gasteiger partial charge in [-0.2, -0.15) is 0 Å². The molecule has 0 aliphatic heterocycles. The lowest BCUT2D eigenvalue weighted by Gasteiger charge is -2.27. The first kappa shape index (κ1) is 23.1. The van der Waals surface area contributed by atoms with Crippen molar-refractivity contribution in [3.05, 3.63) is 30.1 Å². The fourth-order valence-electron chi connectivity index (χ4n) is 3.49. The molecule has 1 heterocycles. The van der Waals surface area contributed by atoms with Crippen LogP contribution in [0.5, 0.6) is 0 Å². The predicted octanol–water partition coefficient (Wildman–Crippen LogP) is 3.78. The number of hydrogen-bond acceptors (Lipinski definition) is 3. The summed E-state index contributed by atoms with van der Waals surface area (Å²) in [4.78, 5) is 9.27. The predicted molar refractivity (Wildman–Crippen MR) is 119 cm³/mol. The van der Waals surface area contributed by atoms with E-state index in [9.17, 15) is 0 Å². The molecule has 1 fully saturated rings. The monoisotopic (exact) mass is 474 g/mol. The molecule has 2 N–H and O–H groups in total. The van der Waals surface area contributed by atoms with E-state index in [1.807, 2.05) is 18.3 Å². The Morgan fingerprint density at radius 3 is 2.69 bits per heavy atom. The summed E-state index contributed by atoms with van der Waals surface area (Å²) >= 11 is 0. The molecule has 0 radical (unpaired) electrons. The number of nitrogens with zero attached hydrogens (tertiary/aromatic N) is 2. The maximum atomic E-state index is 5.60. The third kappa shape index (κ3) is 8.20. The van der Waals surface area contributed by atoms with Gasteiger partial charge in [-0.1, -0.05) is 18.9 Å². The van der Waals surface area contributed by atoms with Crippen LogP contribution in [0.2, 0.25) is 0 Å². The van der Waals surface area contributed by atoms with Crippen LogP contribution < -0.4 is 10.6 Å². The standard InChI is InChI=1S/C20H34N4O.HI/c1-3-21-19(23-15-10-18-9-5-8-14-22-18)24-17-20(11-6-7-12-20)13-16-25-4-2;/h5,8-9,14H,3-4,6-7,10-13,15-17H2,1-2H3,(H2,21,23,24);1H. The lowest BCUT2D eigenvalue weighted by molar-refractivity contribution is 0.107. The zero-order valence-corrected chi connectivity index (χ0v) is 18.6. The maximum absolute atomic E-state index is 5.60. The molecule has 0 amide bonds. The molecular formula is C20H35IN4O. The second-order valence-corrected chi connectivity index (χ2v) is 6.85. The van der Waals surface area contributed by atoms with Gasteiger partial charge in [0.05, 0.1) is 0 Å². The molecule has 1 aliphatic carbocycles. The van der Waals surface area contributed by atoms with Gasteiger partial charge in [0.2, 0.25) is 0 Å². The molecule has 1 aliphatic rings. The molecule has 1 saturated carbocycles. The van der Waals surface area contributed by atoms with Crippen molar-refractivity contribution < 1.29 is 4.74 Å². The first-order chi connectivity index (χ1) is 12.3. The number of guanidine groups is 1. The highest BCUT2D eigenvalue weighted by Crippen LogP contribution is 2.41. The van der Waals surface area contributed by atoms with Crippen LogP contribution in [0.15, 0.2) is 29.4 Å². The molecule has 6 heteroatoms. The summed E-state index contributed by atoms with van der Waals surface area (Å²) in [5, 5.41) is 6.81. The number of halogens is 1. The van der Waals surface area contributed by atoms with Crippen molar-refractivity contribution in [3.8, 4) is 0 Å². The number of nitrogens with one attached hydrogen (secondary N) is 2. The van der Waals surface area contributed by atoms with E-state index >= 15 is 0 Å². The van der Waals surface area contributed by atoms with Crippen molar-refractivity contribution in [2.45, 2.75) is 52.4 Å². The molecule has 1 aromatic heterocycles. The molecule has 0 spiro atoms. The Morgan fingerprint density at radius 1 is 1.23 bits per heavy atom. The Kier molecular flexibility index (Phi) is 11.8. The van der Waals surface area contributed by atoms with E-state index in [2.05, 4.69) is 35.5 Å². The van der Waals surface area contributed by atoms with Gasteiger partial charge in [0, 0.05) is 51.2 Å². The van der Waals surface area contributed by atoms with Crippen LogP contribution in [-0.2, 0) is 11.2 Å². The zero-order chi connectivity index (χ0) is 17.8. The summed E-state index contributed by atoms with van der Waals surface area (Å²) in [6.45, 7) is 8.44. The van der Waals surface area contributed by atoms with Gasteiger partial charge in [-0.25, -0.2) is 0 Å². The van der Waals surface area contributed by atoms with Crippen LogP contribution in [0.25, 0.3) is 0 Å². The van der Waals surface area contributed by atoms with Crippen LogP contribution >= 0.6 is 24.0 Å². The third-order valence-corrected chi connectivity index (χ3v) is 4.96. The van der Waals surface area contributed by atoms with Crippen molar-refractivity contribution in [2.24, 2.45) is 10.4 Å². The second kappa shape index (κ2) is 13.3. The highest BCUT2D eigenvalue weighted by Gasteiger charge is 2.33. The molecular weight excluding hydrogens is 439 g/mol. The van der Waals surface area contributed by atoms with Gasteiger partial charge >= 0.3 is 0 Å². The van der Waals surface area contributed by atoms with Crippen molar-refractivity contribution in [2.75, 3.05) is 32.8 Å². The van der Waals surface area contributed by atoms with Crippen LogP contribution in [0.1, 0.15) is 51.6 Å². The van der Waals surface area contributed by atoms with Gasteiger partial charge in [0.1, 0.15) is 0 Å². The average Bonchev–Trinajstić information content (AvgIpc) is 3.10. The minimum atomic E-state index is 0. The van der Waals surface area contributed by atoms with E-state index in [0.29, 0.717) is 5.41 Å². The number of aromatic nitrogens is 1. The summed E-state index contributed by atoms with van der Waals surface area (Å²) in [7, 11) is 0. The van der Waals surface area contributed by atoms with Crippen molar-refractivity contribution in [1.29, 1.82) is 0 Å². The van der Waals surface area contributed by atoms with E-state index in [0.717, 1.165) is 57.3 Å². The molecule has 148 valence electrons. The van der Waals surface area contributed by atoms with Gasteiger partial charge in [0.25, 0.3) is 0 Å². The van der Waals surface area contributed by atoms with Gasteiger partial charge in [-0.3, -0.25) is 9.98 Å². The van der Waals surface area contributed by atoms with Crippen LogP contribution in [0, 0.1) is 5.41 Å². The fourth-order valence-corrected chi connectivity index (χ4v) is 3.49. The Hall–Kier alpha value is -0.890. The quantitative estimate of drug-likeness (QED) is 0.235. The maximum Gasteiger partial charge on any atom is 0.191 e. The molecule has 1 aromatic rings. The Labute approximate surface area is 175 Å². The van der Waals surface area contributed by atoms with E-state index < -0.39 is 0 Å². The Bertz CT molecular complexity index is 504. The lowest BCUT2D eigenvalue weighted by atomic mass is 9.83. The highest BCUT2D eigenvalue weighted by atomic mass is 127. The Morgan fingerprint density at radius 2 is 2.04 bits per heavy atom. The first-order valence-electron chi connectivity index (χ1n) is 9.78. The van der Waals surface area contributed by atoms with Crippen molar-refractivity contribution in [1.82, 2.24) is 15.6 Å². The fraction of sp³-hybridized carbons (Fsp3) is 0.700. The topological polar surface area (TPSA) is 58.5 Å². The SMILES string of the molecule is CCNC(=NCC1(CCOCC)CCCC1)NCCc1ccccn1.I. The molecule has 0 aromatic carbocycles. The van der Waals surface area contributed by atoms with Crippen LogP contribution in [0.4, 0.5) is 0 Å². The number of ether oxygens (including phenoxy) is 1. The second-order valence-electron chi connectivity index (χ2n) is 6.85. The highest BCUT2D eigenvalue weighted by molar-refractivity contribution is 14.0. The van der Waals surface area contributed by atoms with Crippen molar-refractivity contribution in [3.63, 3.8) is 0 Å². The summed E-state index contributed by atoms with van der Waals surface area (Å²) in [6.07, 6.45) is 9.07. The van der Waals surface area contributed by atoms with Crippen molar-refractivity contribution >= 4 is 29.9 Å². The molecule has 0 saturated heterocycles. The summed E-state index contributed by atoms with van der Waals surface area (Å²) in [6, 6.07) is 6.04.